The first-order valence-electron chi connectivity index (χ1n) is 8.84. The first-order chi connectivity index (χ1) is 12.9. The minimum atomic E-state index is -0.479. The van der Waals surface area contributed by atoms with Gasteiger partial charge in [0.2, 0.25) is 0 Å². The molecule has 1 atom stereocenters. The van der Waals surface area contributed by atoms with E-state index in [2.05, 4.69) is 17.2 Å². The Morgan fingerprint density at radius 1 is 1.07 bits per heavy atom. The van der Waals surface area contributed by atoms with Crippen molar-refractivity contribution in [3.8, 4) is 0 Å². The average Bonchev–Trinajstić information content (AvgIpc) is 2.71. The maximum atomic E-state index is 12.5. The van der Waals surface area contributed by atoms with E-state index in [9.17, 15) is 14.4 Å². The third kappa shape index (κ3) is 3.53. The highest BCUT2D eigenvalue weighted by molar-refractivity contribution is 5.94. The monoisotopic (exact) mass is 366 g/mol. The van der Waals surface area contributed by atoms with Crippen LogP contribution >= 0.6 is 0 Å². The Morgan fingerprint density at radius 2 is 1.78 bits per heavy atom. The van der Waals surface area contributed by atoms with Crippen LogP contribution in [0.3, 0.4) is 0 Å². The molecule has 0 spiro atoms. The number of aryl methyl sites for hydroxylation is 1. The van der Waals surface area contributed by atoms with Crippen molar-refractivity contribution >= 4 is 16.9 Å². The van der Waals surface area contributed by atoms with Crippen molar-refractivity contribution in [2.24, 2.45) is 14.1 Å². The van der Waals surface area contributed by atoms with Crippen molar-refractivity contribution in [2.75, 3.05) is 6.54 Å². The van der Waals surface area contributed by atoms with Gasteiger partial charge in [-0.2, -0.15) is 0 Å². The van der Waals surface area contributed by atoms with Crippen LogP contribution in [-0.2, 0) is 14.1 Å². The normalized spacial score (nSPS) is 12.1. The molecular formula is C20H22N4O3. The number of nitrogens with zero attached hydrogens (tertiary/aromatic N) is 3. The minimum absolute atomic E-state index is 0.175. The number of benzene rings is 1. The summed E-state index contributed by atoms with van der Waals surface area (Å²) in [6.07, 6.45) is 0.889. The van der Waals surface area contributed by atoms with Crippen LogP contribution in [0.5, 0.6) is 0 Å². The number of fused-ring (bicyclic) bond motifs is 1. The molecule has 0 radical (unpaired) electrons. The standard InChI is InChI=1S/C20H22N4O3/c1-4-13(14-8-6-5-7-9-14)12-21-18(25)16-11-10-15-17(22-16)23(2)20(27)24(3)19(15)26/h5-11,13H,4,12H2,1-3H3,(H,21,25). The van der Waals surface area contributed by atoms with Gasteiger partial charge in [0.25, 0.3) is 11.5 Å². The number of nitrogens with one attached hydrogen (secondary N) is 1. The van der Waals surface area contributed by atoms with Crippen molar-refractivity contribution in [1.82, 2.24) is 19.4 Å². The third-order valence-electron chi connectivity index (χ3n) is 4.81. The molecule has 3 aromatic rings. The molecule has 140 valence electrons. The molecule has 0 aliphatic heterocycles. The number of rotatable bonds is 5. The van der Waals surface area contributed by atoms with E-state index < -0.39 is 11.2 Å². The summed E-state index contributed by atoms with van der Waals surface area (Å²) in [4.78, 5) is 41.1. The van der Waals surface area contributed by atoms with Gasteiger partial charge in [-0.1, -0.05) is 37.3 Å². The predicted molar refractivity (Wildman–Crippen MR) is 104 cm³/mol. The minimum Gasteiger partial charge on any atom is -0.350 e. The topological polar surface area (TPSA) is 86.0 Å². The van der Waals surface area contributed by atoms with Gasteiger partial charge < -0.3 is 5.32 Å². The van der Waals surface area contributed by atoms with E-state index in [4.69, 9.17) is 0 Å². The van der Waals surface area contributed by atoms with Crippen LogP contribution in [0, 0.1) is 0 Å². The highest BCUT2D eigenvalue weighted by atomic mass is 16.2. The molecule has 0 fully saturated rings. The molecule has 1 N–H and O–H groups in total. The van der Waals surface area contributed by atoms with Gasteiger partial charge in [-0.25, -0.2) is 9.78 Å². The van der Waals surface area contributed by atoms with Gasteiger partial charge in [-0.05, 0) is 24.1 Å². The van der Waals surface area contributed by atoms with Crippen molar-refractivity contribution in [3.05, 3.63) is 74.6 Å². The average molecular weight is 366 g/mol. The van der Waals surface area contributed by atoms with Crippen LogP contribution in [-0.4, -0.2) is 26.6 Å². The van der Waals surface area contributed by atoms with E-state index in [1.165, 1.54) is 30.8 Å². The van der Waals surface area contributed by atoms with Gasteiger partial charge in [0, 0.05) is 26.6 Å². The highest BCUT2D eigenvalue weighted by Gasteiger charge is 2.15. The van der Waals surface area contributed by atoms with Crippen molar-refractivity contribution in [2.45, 2.75) is 19.3 Å². The highest BCUT2D eigenvalue weighted by Crippen LogP contribution is 2.18. The van der Waals surface area contributed by atoms with Crippen molar-refractivity contribution < 1.29 is 4.79 Å². The summed E-state index contributed by atoms with van der Waals surface area (Å²) in [6, 6.07) is 13.0. The second-order valence-electron chi connectivity index (χ2n) is 6.50. The first-order valence-corrected chi connectivity index (χ1v) is 8.84. The molecule has 0 saturated carbocycles. The second kappa shape index (κ2) is 7.57. The number of carbonyl (C=O) groups excluding carboxylic acids is 1. The Kier molecular flexibility index (Phi) is 5.21. The summed E-state index contributed by atoms with van der Waals surface area (Å²) < 4.78 is 2.29. The molecule has 1 unspecified atom stereocenters. The predicted octanol–water partition coefficient (Wildman–Crippen LogP) is 1.56. The van der Waals surface area contributed by atoms with Gasteiger partial charge in [0.15, 0.2) is 0 Å². The van der Waals surface area contributed by atoms with E-state index in [0.29, 0.717) is 11.9 Å². The Hall–Kier alpha value is -3.22. The zero-order chi connectivity index (χ0) is 19.6. The summed E-state index contributed by atoms with van der Waals surface area (Å²) in [6.45, 7) is 2.55. The van der Waals surface area contributed by atoms with Crippen LogP contribution < -0.4 is 16.6 Å². The fourth-order valence-electron chi connectivity index (χ4n) is 3.11. The van der Waals surface area contributed by atoms with E-state index in [0.717, 1.165) is 16.6 Å². The van der Waals surface area contributed by atoms with E-state index in [-0.39, 0.29) is 23.2 Å². The maximum absolute atomic E-state index is 12.5. The van der Waals surface area contributed by atoms with Gasteiger partial charge in [-0.15, -0.1) is 0 Å². The number of hydrogen-bond donors (Lipinski definition) is 1. The number of amides is 1. The maximum Gasteiger partial charge on any atom is 0.332 e. The molecule has 3 rings (SSSR count). The largest absolute Gasteiger partial charge is 0.350 e. The summed E-state index contributed by atoms with van der Waals surface area (Å²) in [5, 5.41) is 3.20. The van der Waals surface area contributed by atoms with Gasteiger partial charge in [-0.3, -0.25) is 18.7 Å². The van der Waals surface area contributed by atoms with Crippen LogP contribution in [0.15, 0.2) is 52.1 Å². The molecule has 1 amide bonds. The first kappa shape index (κ1) is 18.6. The van der Waals surface area contributed by atoms with Gasteiger partial charge >= 0.3 is 5.69 Å². The Balaban J connectivity index is 1.86. The molecule has 2 aromatic heterocycles. The molecular weight excluding hydrogens is 344 g/mol. The number of carbonyl (C=O) groups is 1. The lowest BCUT2D eigenvalue weighted by Crippen LogP contribution is -2.37. The molecule has 0 aliphatic carbocycles. The van der Waals surface area contributed by atoms with Crippen LogP contribution in [0.1, 0.15) is 35.3 Å². The zero-order valence-electron chi connectivity index (χ0n) is 15.6. The molecule has 7 heteroatoms. The lowest BCUT2D eigenvalue weighted by molar-refractivity contribution is 0.0946. The number of pyridine rings is 1. The number of aromatic nitrogens is 3. The Bertz CT molecular complexity index is 1100. The fourth-order valence-corrected chi connectivity index (χ4v) is 3.11. The van der Waals surface area contributed by atoms with E-state index in [1.807, 2.05) is 30.3 Å². The summed E-state index contributed by atoms with van der Waals surface area (Å²) in [5.41, 5.74) is 0.632. The molecule has 0 bridgehead atoms. The molecule has 0 aliphatic rings. The second-order valence-corrected chi connectivity index (χ2v) is 6.50. The third-order valence-corrected chi connectivity index (χ3v) is 4.81. The van der Waals surface area contributed by atoms with E-state index in [1.54, 1.807) is 0 Å². The van der Waals surface area contributed by atoms with E-state index >= 15 is 0 Å². The van der Waals surface area contributed by atoms with Crippen molar-refractivity contribution in [1.29, 1.82) is 0 Å². The molecule has 7 nitrogen and oxygen atoms in total. The summed E-state index contributed by atoms with van der Waals surface area (Å²) in [7, 11) is 2.94. The van der Waals surface area contributed by atoms with Gasteiger partial charge in [0.05, 0.1) is 5.39 Å². The van der Waals surface area contributed by atoms with Crippen LogP contribution in [0.25, 0.3) is 11.0 Å². The van der Waals surface area contributed by atoms with Gasteiger partial charge in [0.1, 0.15) is 11.3 Å². The molecule has 2 heterocycles. The Labute approximate surface area is 156 Å². The lowest BCUT2D eigenvalue weighted by Gasteiger charge is -2.16. The van der Waals surface area contributed by atoms with Crippen LogP contribution in [0.2, 0.25) is 0 Å². The smallest absolute Gasteiger partial charge is 0.332 e. The SMILES string of the molecule is CCC(CNC(=O)c1ccc2c(=O)n(C)c(=O)n(C)c2n1)c1ccccc1. The fraction of sp³-hybridized carbons (Fsp3) is 0.300. The zero-order valence-corrected chi connectivity index (χ0v) is 15.6. The number of hydrogen-bond acceptors (Lipinski definition) is 4. The lowest BCUT2D eigenvalue weighted by atomic mass is 9.96. The molecule has 0 saturated heterocycles. The summed E-state index contributed by atoms with van der Waals surface area (Å²) in [5.74, 6) is -0.133. The summed E-state index contributed by atoms with van der Waals surface area (Å²) >= 11 is 0. The Morgan fingerprint density at radius 3 is 2.44 bits per heavy atom. The molecule has 1 aromatic carbocycles. The van der Waals surface area contributed by atoms with Crippen LogP contribution in [0.4, 0.5) is 0 Å². The van der Waals surface area contributed by atoms with Crippen molar-refractivity contribution in [3.63, 3.8) is 0 Å². The molecule has 27 heavy (non-hydrogen) atoms. The quantitative estimate of drug-likeness (QED) is 0.742.